The van der Waals surface area contributed by atoms with Gasteiger partial charge in [-0.15, -0.1) is 0 Å². The van der Waals surface area contributed by atoms with Gasteiger partial charge >= 0.3 is 0 Å². The van der Waals surface area contributed by atoms with Crippen LogP contribution >= 0.6 is 11.6 Å². The van der Waals surface area contributed by atoms with Gasteiger partial charge in [0.05, 0.1) is 5.56 Å². The fraction of sp³-hybridized carbons (Fsp3) is 0.600. The van der Waals surface area contributed by atoms with E-state index in [-0.39, 0.29) is 16.6 Å². The van der Waals surface area contributed by atoms with Crippen LogP contribution in [-0.2, 0) is 0 Å². The Bertz CT molecular complexity index is 524. The number of nitrogens with one attached hydrogen (secondary N) is 1. The normalized spacial score (nSPS) is 17.7. The molecule has 0 saturated carbocycles. The maximum absolute atomic E-state index is 12.0. The molecule has 21 heavy (non-hydrogen) atoms. The maximum atomic E-state index is 12.0. The SMILES string of the molecule is CNC1(C)CCN(c2ccc(C(=O)N(C)C)c(Cl)n2)CC1. The highest BCUT2D eigenvalue weighted by molar-refractivity contribution is 6.32. The second kappa shape index (κ2) is 6.20. The Hall–Kier alpha value is -1.33. The average Bonchev–Trinajstić information content (AvgIpc) is 2.47. The van der Waals surface area contributed by atoms with E-state index in [1.807, 2.05) is 13.1 Å². The van der Waals surface area contributed by atoms with Crippen molar-refractivity contribution in [2.45, 2.75) is 25.3 Å². The molecule has 1 aliphatic rings. The van der Waals surface area contributed by atoms with Gasteiger partial charge in [0.1, 0.15) is 11.0 Å². The number of rotatable bonds is 3. The summed E-state index contributed by atoms with van der Waals surface area (Å²) in [6.45, 7) is 4.10. The van der Waals surface area contributed by atoms with Crippen molar-refractivity contribution in [2.75, 3.05) is 39.1 Å². The van der Waals surface area contributed by atoms with Crippen LogP contribution in [0.25, 0.3) is 0 Å². The first kappa shape index (κ1) is 16.0. The Labute approximate surface area is 131 Å². The largest absolute Gasteiger partial charge is 0.356 e. The van der Waals surface area contributed by atoms with Crippen LogP contribution in [0.1, 0.15) is 30.1 Å². The standard InChI is InChI=1S/C15H23ClN4O/c1-15(17-2)7-9-20(10-8-15)12-6-5-11(13(16)18-12)14(21)19(3)4/h5-6,17H,7-10H2,1-4H3. The minimum absolute atomic E-state index is 0.125. The molecular formula is C15H23ClN4O. The molecular weight excluding hydrogens is 288 g/mol. The number of amides is 1. The van der Waals surface area contributed by atoms with Gasteiger partial charge in [-0.1, -0.05) is 11.6 Å². The van der Waals surface area contributed by atoms with E-state index in [0.717, 1.165) is 31.7 Å². The number of hydrogen-bond acceptors (Lipinski definition) is 4. The van der Waals surface area contributed by atoms with Crippen molar-refractivity contribution in [3.63, 3.8) is 0 Å². The summed E-state index contributed by atoms with van der Waals surface area (Å²) in [6.07, 6.45) is 2.11. The molecule has 5 nitrogen and oxygen atoms in total. The van der Waals surface area contributed by atoms with Gasteiger partial charge in [-0.25, -0.2) is 4.98 Å². The molecule has 6 heteroatoms. The number of carbonyl (C=O) groups is 1. The molecule has 0 unspecified atom stereocenters. The third kappa shape index (κ3) is 3.47. The van der Waals surface area contributed by atoms with Crippen LogP contribution in [0, 0.1) is 0 Å². The van der Waals surface area contributed by atoms with Crippen LogP contribution in [0.3, 0.4) is 0 Å². The highest BCUT2D eigenvalue weighted by atomic mass is 35.5. The van der Waals surface area contributed by atoms with Crippen LogP contribution in [0.4, 0.5) is 5.82 Å². The van der Waals surface area contributed by atoms with E-state index in [9.17, 15) is 4.79 Å². The van der Waals surface area contributed by atoms with E-state index < -0.39 is 0 Å². The van der Waals surface area contributed by atoms with Gasteiger partial charge in [0.2, 0.25) is 0 Å². The van der Waals surface area contributed by atoms with E-state index in [4.69, 9.17) is 11.6 Å². The lowest BCUT2D eigenvalue weighted by Crippen LogP contribution is -2.50. The second-order valence-corrected chi connectivity index (χ2v) is 6.36. The van der Waals surface area contributed by atoms with Crippen molar-refractivity contribution >= 4 is 23.3 Å². The molecule has 0 bridgehead atoms. The third-order valence-electron chi connectivity index (χ3n) is 4.27. The molecule has 0 radical (unpaired) electrons. The van der Waals surface area contributed by atoms with Crippen molar-refractivity contribution < 1.29 is 4.79 Å². The number of anilines is 1. The summed E-state index contributed by atoms with van der Waals surface area (Å²) in [5.74, 6) is 0.717. The third-order valence-corrected chi connectivity index (χ3v) is 4.55. The topological polar surface area (TPSA) is 48.5 Å². The first-order valence-electron chi connectivity index (χ1n) is 7.18. The minimum Gasteiger partial charge on any atom is -0.356 e. The van der Waals surface area contributed by atoms with Gasteiger partial charge < -0.3 is 15.1 Å². The first-order valence-corrected chi connectivity index (χ1v) is 7.56. The number of aromatic nitrogens is 1. The van der Waals surface area contributed by atoms with Crippen molar-refractivity contribution in [3.8, 4) is 0 Å². The summed E-state index contributed by atoms with van der Waals surface area (Å²) < 4.78 is 0. The van der Waals surface area contributed by atoms with Gasteiger partial charge in [-0.05, 0) is 38.9 Å². The molecule has 116 valence electrons. The zero-order valence-corrected chi connectivity index (χ0v) is 13.9. The van der Waals surface area contributed by atoms with E-state index in [0.29, 0.717) is 5.56 Å². The monoisotopic (exact) mass is 310 g/mol. The Morgan fingerprint density at radius 2 is 2.00 bits per heavy atom. The van der Waals surface area contributed by atoms with Crippen molar-refractivity contribution in [2.24, 2.45) is 0 Å². The number of nitrogens with zero attached hydrogens (tertiary/aromatic N) is 3. The molecule has 0 spiro atoms. The van der Waals surface area contributed by atoms with Crippen molar-refractivity contribution in [1.82, 2.24) is 15.2 Å². The highest BCUT2D eigenvalue weighted by Gasteiger charge is 2.29. The summed E-state index contributed by atoms with van der Waals surface area (Å²) in [6, 6.07) is 3.64. The number of carbonyl (C=O) groups excluding carboxylic acids is 1. The van der Waals surface area contributed by atoms with E-state index in [1.165, 1.54) is 4.90 Å². The summed E-state index contributed by atoms with van der Waals surface area (Å²) in [5.41, 5.74) is 0.642. The van der Waals surface area contributed by atoms with Gasteiger partial charge in [-0.3, -0.25) is 4.79 Å². The van der Waals surface area contributed by atoms with Crippen LogP contribution in [0.5, 0.6) is 0 Å². The smallest absolute Gasteiger partial charge is 0.256 e. The van der Waals surface area contributed by atoms with Gasteiger partial charge in [0.25, 0.3) is 5.91 Å². The van der Waals surface area contributed by atoms with Crippen LogP contribution in [0.15, 0.2) is 12.1 Å². The summed E-state index contributed by atoms with van der Waals surface area (Å²) in [4.78, 5) is 20.1. The summed E-state index contributed by atoms with van der Waals surface area (Å²) in [5, 5.41) is 3.65. The molecule has 0 aromatic carbocycles. The van der Waals surface area contributed by atoms with E-state index >= 15 is 0 Å². The molecule has 1 saturated heterocycles. The fourth-order valence-electron chi connectivity index (χ4n) is 2.48. The number of piperidine rings is 1. The first-order chi connectivity index (χ1) is 9.86. The molecule has 0 aliphatic carbocycles. The number of halogens is 1. The molecule has 1 amide bonds. The molecule has 2 rings (SSSR count). The van der Waals surface area contributed by atoms with Crippen LogP contribution in [-0.4, -0.2) is 55.6 Å². The lowest BCUT2D eigenvalue weighted by molar-refractivity contribution is 0.0827. The van der Waals surface area contributed by atoms with Gasteiger partial charge in [0, 0.05) is 32.7 Å². The zero-order chi connectivity index (χ0) is 15.6. The van der Waals surface area contributed by atoms with Crippen molar-refractivity contribution in [1.29, 1.82) is 0 Å². The maximum Gasteiger partial charge on any atom is 0.256 e. The van der Waals surface area contributed by atoms with Gasteiger partial charge in [-0.2, -0.15) is 0 Å². The predicted molar refractivity (Wildman–Crippen MR) is 86.2 cm³/mol. The Morgan fingerprint density at radius 3 is 2.48 bits per heavy atom. The average molecular weight is 311 g/mol. The van der Waals surface area contributed by atoms with E-state index in [1.54, 1.807) is 20.2 Å². The molecule has 1 aromatic heterocycles. The minimum atomic E-state index is -0.125. The molecule has 1 N–H and O–H groups in total. The van der Waals surface area contributed by atoms with E-state index in [2.05, 4.69) is 22.1 Å². The molecule has 1 aromatic rings. The van der Waals surface area contributed by atoms with Crippen LogP contribution in [0.2, 0.25) is 5.15 Å². The quantitative estimate of drug-likeness (QED) is 0.868. The molecule has 0 atom stereocenters. The van der Waals surface area contributed by atoms with Crippen LogP contribution < -0.4 is 10.2 Å². The summed E-state index contributed by atoms with van der Waals surface area (Å²) >= 11 is 6.17. The number of pyridine rings is 1. The second-order valence-electron chi connectivity index (χ2n) is 6.01. The van der Waals surface area contributed by atoms with Crippen molar-refractivity contribution in [3.05, 3.63) is 22.8 Å². The van der Waals surface area contributed by atoms with Gasteiger partial charge in [0.15, 0.2) is 0 Å². The number of hydrogen-bond donors (Lipinski definition) is 1. The lowest BCUT2D eigenvalue weighted by Gasteiger charge is -2.39. The Kier molecular flexibility index (Phi) is 4.74. The Balaban J connectivity index is 2.13. The molecule has 1 aliphatic heterocycles. The molecule has 2 heterocycles. The highest BCUT2D eigenvalue weighted by Crippen LogP contribution is 2.26. The molecule has 1 fully saturated rings. The predicted octanol–water partition coefficient (Wildman–Crippen LogP) is 2.02. The lowest BCUT2D eigenvalue weighted by atomic mass is 9.90. The zero-order valence-electron chi connectivity index (χ0n) is 13.1. The fourth-order valence-corrected chi connectivity index (χ4v) is 2.71. The summed E-state index contributed by atoms with van der Waals surface area (Å²) in [7, 11) is 5.41. The Morgan fingerprint density at radius 1 is 1.38 bits per heavy atom.